The van der Waals surface area contributed by atoms with Gasteiger partial charge in [-0.2, -0.15) is 0 Å². The van der Waals surface area contributed by atoms with Crippen LogP contribution in [0.5, 0.6) is 0 Å². The zero-order chi connectivity index (χ0) is 36.4. The predicted molar refractivity (Wildman–Crippen MR) is 214 cm³/mol. The second kappa shape index (κ2) is 41.0. The van der Waals surface area contributed by atoms with Crippen LogP contribution in [-0.4, -0.2) is 36.4 Å². The van der Waals surface area contributed by atoms with Gasteiger partial charge < -0.3 is 14.6 Å². The first-order valence-corrected chi connectivity index (χ1v) is 20.8. The number of allylic oxidation sites excluding steroid dienone is 10. The average molecular weight is 699 g/mol. The zero-order valence-corrected chi connectivity index (χ0v) is 32.6. The van der Waals surface area contributed by atoms with Crippen LogP contribution in [0, 0.1) is 0 Å². The van der Waals surface area contributed by atoms with Gasteiger partial charge in [-0.05, 0) is 51.4 Å². The Hall–Kier alpha value is -2.40. The number of aliphatic hydroxyl groups is 1. The third-order valence-electron chi connectivity index (χ3n) is 8.83. The molecule has 0 fully saturated rings. The molecule has 0 aliphatic rings. The zero-order valence-electron chi connectivity index (χ0n) is 32.6. The van der Waals surface area contributed by atoms with E-state index >= 15 is 0 Å². The maximum Gasteiger partial charge on any atom is 0.306 e. The summed E-state index contributed by atoms with van der Waals surface area (Å²) < 4.78 is 10.6. The maximum absolute atomic E-state index is 12.2. The van der Waals surface area contributed by atoms with Gasteiger partial charge in [0.15, 0.2) is 6.10 Å². The lowest BCUT2D eigenvalue weighted by Gasteiger charge is -2.15. The van der Waals surface area contributed by atoms with Crippen molar-refractivity contribution in [1.82, 2.24) is 0 Å². The van der Waals surface area contributed by atoms with E-state index in [0.717, 1.165) is 57.8 Å². The van der Waals surface area contributed by atoms with E-state index in [2.05, 4.69) is 74.6 Å². The van der Waals surface area contributed by atoms with Crippen molar-refractivity contribution in [2.75, 3.05) is 13.2 Å². The smallest absolute Gasteiger partial charge is 0.306 e. The molecule has 5 nitrogen and oxygen atoms in total. The molecule has 0 saturated heterocycles. The van der Waals surface area contributed by atoms with Crippen LogP contribution in [0.2, 0.25) is 0 Å². The molecule has 0 heterocycles. The van der Waals surface area contributed by atoms with Gasteiger partial charge in [0.05, 0.1) is 6.61 Å². The molecule has 0 rings (SSSR count). The maximum atomic E-state index is 12.2. The highest BCUT2D eigenvalue weighted by atomic mass is 16.6. The minimum atomic E-state index is -0.801. The van der Waals surface area contributed by atoms with Gasteiger partial charge >= 0.3 is 11.9 Å². The van der Waals surface area contributed by atoms with Crippen LogP contribution in [0.15, 0.2) is 60.8 Å². The van der Waals surface area contributed by atoms with Crippen molar-refractivity contribution in [2.24, 2.45) is 0 Å². The van der Waals surface area contributed by atoms with Crippen LogP contribution < -0.4 is 0 Å². The van der Waals surface area contributed by atoms with Crippen LogP contribution in [0.25, 0.3) is 0 Å². The molecule has 0 amide bonds. The molecule has 0 aromatic carbocycles. The topological polar surface area (TPSA) is 72.8 Å². The van der Waals surface area contributed by atoms with Crippen molar-refractivity contribution in [3.05, 3.63) is 60.8 Å². The van der Waals surface area contributed by atoms with Crippen molar-refractivity contribution >= 4 is 11.9 Å². The Morgan fingerprint density at radius 1 is 0.480 bits per heavy atom. The number of carbonyl (C=O) groups excluding carboxylic acids is 2. The van der Waals surface area contributed by atoms with Crippen LogP contribution in [0.4, 0.5) is 0 Å². The van der Waals surface area contributed by atoms with Crippen molar-refractivity contribution in [3.63, 3.8) is 0 Å². The second-order valence-electron chi connectivity index (χ2n) is 13.7. The molecule has 0 bridgehead atoms. The summed E-state index contributed by atoms with van der Waals surface area (Å²) in [5, 5.41) is 9.56. The summed E-state index contributed by atoms with van der Waals surface area (Å²) in [4.78, 5) is 24.3. The fourth-order valence-electron chi connectivity index (χ4n) is 5.71. The standard InChI is InChI=1S/C45H78O5/c1-3-5-7-9-11-13-15-17-19-21-22-24-25-27-29-31-33-35-37-39-44(47)49-42-43(41-46)50-45(48)40-38-36-34-32-30-28-26-23-20-18-16-14-12-10-8-6-4-2/h6,8,12,14,18,20,26,28,32,34,43,46H,3-5,7,9-11,13,15-17,19,21-25,27,29-31,33,35-42H2,1-2H3/t43-/m0/s1. The summed E-state index contributed by atoms with van der Waals surface area (Å²) in [5.74, 6) is -0.656. The first kappa shape index (κ1) is 47.6. The third-order valence-corrected chi connectivity index (χ3v) is 8.83. The molecule has 0 saturated carbocycles. The Balaban J connectivity index is 3.61. The molecular weight excluding hydrogens is 620 g/mol. The van der Waals surface area contributed by atoms with E-state index < -0.39 is 6.10 Å². The number of carbonyl (C=O) groups is 2. The van der Waals surface area contributed by atoms with Gasteiger partial charge in [-0.25, -0.2) is 0 Å². The van der Waals surface area contributed by atoms with Gasteiger partial charge in [0.2, 0.25) is 0 Å². The normalized spacial score (nSPS) is 12.8. The monoisotopic (exact) mass is 699 g/mol. The Morgan fingerprint density at radius 2 is 0.860 bits per heavy atom. The van der Waals surface area contributed by atoms with Gasteiger partial charge in [0.25, 0.3) is 0 Å². The van der Waals surface area contributed by atoms with E-state index in [1.54, 1.807) is 0 Å². The summed E-state index contributed by atoms with van der Waals surface area (Å²) in [6.07, 6.45) is 52.9. The average Bonchev–Trinajstić information content (AvgIpc) is 3.12. The fourth-order valence-corrected chi connectivity index (χ4v) is 5.71. The molecule has 5 heteroatoms. The SMILES string of the molecule is CCC=CCC=CCC=CCC=CCC=CCCCC(=O)O[C@@H](CO)COC(=O)CCCCCCCCCCCCCCCCCCCCC. The molecule has 0 aliphatic carbocycles. The summed E-state index contributed by atoms with van der Waals surface area (Å²) in [6.45, 7) is 3.98. The lowest BCUT2D eigenvalue weighted by molar-refractivity contribution is -0.161. The highest BCUT2D eigenvalue weighted by Crippen LogP contribution is 2.15. The third kappa shape index (κ3) is 38.4. The van der Waals surface area contributed by atoms with E-state index in [9.17, 15) is 14.7 Å². The van der Waals surface area contributed by atoms with E-state index in [1.807, 2.05) is 0 Å². The Kier molecular flexibility index (Phi) is 39.1. The summed E-state index contributed by atoms with van der Waals surface area (Å²) >= 11 is 0. The minimum Gasteiger partial charge on any atom is -0.462 e. The molecule has 1 atom stereocenters. The molecule has 288 valence electrons. The Labute approximate surface area is 309 Å². The van der Waals surface area contributed by atoms with Crippen LogP contribution in [-0.2, 0) is 19.1 Å². The van der Waals surface area contributed by atoms with E-state index in [0.29, 0.717) is 12.8 Å². The van der Waals surface area contributed by atoms with E-state index in [-0.39, 0.29) is 31.6 Å². The molecule has 0 aromatic heterocycles. The molecule has 0 aliphatic heterocycles. The molecule has 50 heavy (non-hydrogen) atoms. The van der Waals surface area contributed by atoms with Gasteiger partial charge in [-0.15, -0.1) is 0 Å². The van der Waals surface area contributed by atoms with Crippen LogP contribution >= 0.6 is 0 Å². The fraction of sp³-hybridized carbons (Fsp3) is 0.733. The summed E-state index contributed by atoms with van der Waals surface area (Å²) in [7, 11) is 0. The van der Waals surface area contributed by atoms with E-state index in [1.165, 1.54) is 103 Å². The van der Waals surface area contributed by atoms with Gasteiger partial charge in [-0.3, -0.25) is 9.59 Å². The number of aliphatic hydroxyl groups excluding tert-OH is 1. The number of rotatable bonds is 37. The first-order valence-electron chi connectivity index (χ1n) is 20.8. The second-order valence-corrected chi connectivity index (χ2v) is 13.7. The lowest BCUT2D eigenvalue weighted by atomic mass is 10.0. The molecule has 0 aromatic rings. The van der Waals surface area contributed by atoms with Crippen molar-refractivity contribution in [2.45, 2.75) is 200 Å². The van der Waals surface area contributed by atoms with Crippen molar-refractivity contribution < 1.29 is 24.2 Å². The molecule has 0 spiro atoms. The Morgan fingerprint density at radius 3 is 1.28 bits per heavy atom. The van der Waals surface area contributed by atoms with Crippen molar-refractivity contribution in [3.8, 4) is 0 Å². The highest BCUT2D eigenvalue weighted by Gasteiger charge is 2.16. The largest absolute Gasteiger partial charge is 0.462 e. The minimum absolute atomic E-state index is 0.0883. The number of unbranched alkanes of at least 4 members (excludes halogenated alkanes) is 19. The quantitative estimate of drug-likeness (QED) is 0.0397. The van der Waals surface area contributed by atoms with Gasteiger partial charge in [0, 0.05) is 12.8 Å². The van der Waals surface area contributed by atoms with Crippen LogP contribution in [0.1, 0.15) is 194 Å². The summed E-state index contributed by atoms with van der Waals surface area (Å²) in [5.41, 5.74) is 0. The number of ether oxygens (including phenoxy) is 2. The van der Waals surface area contributed by atoms with Gasteiger partial charge in [-0.1, -0.05) is 190 Å². The number of hydrogen-bond donors (Lipinski definition) is 1. The molecule has 0 radical (unpaired) electrons. The first-order chi connectivity index (χ1) is 24.6. The van der Waals surface area contributed by atoms with Crippen LogP contribution in [0.3, 0.4) is 0 Å². The predicted octanol–water partition coefficient (Wildman–Crippen LogP) is 13.2. The molecular formula is C45H78O5. The van der Waals surface area contributed by atoms with Crippen molar-refractivity contribution in [1.29, 1.82) is 0 Å². The summed E-state index contributed by atoms with van der Waals surface area (Å²) in [6, 6.07) is 0. The Bertz CT molecular complexity index is 884. The number of esters is 2. The number of hydrogen-bond acceptors (Lipinski definition) is 5. The highest BCUT2D eigenvalue weighted by molar-refractivity contribution is 5.70. The van der Waals surface area contributed by atoms with E-state index in [4.69, 9.17) is 9.47 Å². The lowest BCUT2D eigenvalue weighted by Crippen LogP contribution is -2.28. The molecule has 0 unspecified atom stereocenters. The van der Waals surface area contributed by atoms with Gasteiger partial charge in [0.1, 0.15) is 6.61 Å². The molecule has 1 N–H and O–H groups in total.